The van der Waals surface area contributed by atoms with Gasteiger partial charge in [-0.2, -0.15) is 0 Å². The lowest BCUT2D eigenvalue weighted by molar-refractivity contribution is -0.121. The van der Waals surface area contributed by atoms with Crippen molar-refractivity contribution < 1.29 is 9.90 Å². The van der Waals surface area contributed by atoms with E-state index < -0.39 is 5.54 Å². The van der Waals surface area contributed by atoms with E-state index in [0.29, 0.717) is 18.5 Å². The number of nitrogens with one attached hydrogen (secondary N) is 1. The molecule has 106 valence electrons. The number of phenolic OH excluding ortho intramolecular Hbond substituents is 1. The first-order chi connectivity index (χ1) is 8.42. The minimum Gasteiger partial charge on any atom is -0.505 e. The summed E-state index contributed by atoms with van der Waals surface area (Å²) in [6, 6.07) is 2.89. The average molecular weight is 326 g/mol. The van der Waals surface area contributed by atoms with E-state index in [1.807, 2.05) is 0 Å². The van der Waals surface area contributed by atoms with Gasteiger partial charge in [0.2, 0.25) is 5.91 Å². The van der Waals surface area contributed by atoms with E-state index in [1.54, 1.807) is 0 Å². The Morgan fingerprint density at radius 3 is 2.21 bits per heavy atom. The van der Waals surface area contributed by atoms with Crippen LogP contribution >= 0.6 is 35.6 Å². The molecule has 0 radical (unpaired) electrons. The Kier molecular flexibility index (Phi) is 5.33. The maximum absolute atomic E-state index is 12.1. The van der Waals surface area contributed by atoms with E-state index in [-0.39, 0.29) is 34.1 Å². The Morgan fingerprint density at radius 1 is 1.26 bits per heavy atom. The van der Waals surface area contributed by atoms with Crippen LogP contribution in [0.5, 0.6) is 5.75 Å². The van der Waals surface area contributed by atoms with Crippen LogP contribution in [0.4, 0.5) is 5.69 Å². The zero-order chi connectivity index (χ0) is 13.3. The Balaban J connectivity index is 0.00000180. The predicted molar refractivity (Wildman–Crippen MR) is 79.4 cm³/mol. The molecule has 1 aromatic rings. The molecule has 1 fully saturated rings. The second kappa shape index (κ2) is 6.18. The van der Waals surface area contributed by atoms with Crippen LogP contribution in [-0.4, -0.2) is 16.6 Å². The summed E-state index contributed by atoms with van der Waals surface area (Å²) in [5.74, 6) is -0.433. The minimum atomic E-state index is -0.809. The van der Waals surface area contributed by atoms with Crippen molar-refractivity contribution in [3.8, 4) is 5.75 Å². The molecule has 2 rings (SSSR count). The van der Waals surface area contributed by atoms with Crippen LogP contribution in [0.15, 0.2) is 12.1 Å². The second-order valence-corrected chi connectivity index (χ2v) is 5.42. The first-order valence-corrected chi connectivity index (χ1v) is 6.46. The van der Waals surface area contributed by atoms with Gasteiger partial charge in [0.15, 0.2) is 5.75 Å². The molecule has 0 heterocycles. The summed E-state index contributed by atoms with van der Waals surface area (Å²) in [4.78, 5) is 12.1. The summed E-state index contributed by atoms with van der Waals surface area (Å²) in [6.07, 6.45) is 3.28. The number of hydrogen-bond acceptors (Lipinski definition) is 3. The van der Waals surface area contributed by atoms with Gasteiger partial charge in [-0.05, 0) is 25.0 Å². The van der Waals surface area contributed by atoms with Crippen molar-refractivity contribution in [1.29, 1.82) is 0 Å². The van der Waals surface area contributed by atoms with E-state index in [1.165, 1.54) is 12.1 Å². The summed E-state index contributed by atoms with van der Waals surface area (Å²) in [5, 5.41) is 12.3. The molecule has 19 heavy (non-hydrogen) atoms. The maximum atomic E-state index is 12.1. The summed E-state index contributed by atoms with van der Waals surface area (Å²) < 4.78 is 0. The van der Waals surface area contributed by atoms with Crippen molar-refractivity contribution in [2.45, 2.75) is 31.2 Å². The Hall–Kier alpha value is -0.680. The highest BCUT2D eigenvalue weighted by atomic mass is 35.5. The second-order valence-electron chi connectivity index (χ2n) is 4.61. The fourth-order valence-corrected chi connectivity index (χ4v) is 2.61. The van der Waals surface area contributed by atoms with E-state index in [0.717, 1.165) is 12.8 Å². The number of hydrogen-bond donors (Lipinski definition) is 3. The predicted octanol–water partition coefficient (Wildman–Crippen LogP) is 3.33. The first kappa shape index (κ1) is 16.4. The van der Waals surface area contributed by atoms with Crippen LogP contribution in [0.1, 0.15) is 25.7 Å². The van der Waals surface area contributed by atoms with Gasteiger partial charge < -0.3 is 16.2 Å². The molecule has 1 aliphatic rings. The molecule has 0 atom stereocenters. The number of halogens is 3. The molecule has 1 aliphatic carbocycles. The van der Waals surface area contributed by atoms with Gasteiger partial charge in [0, 0.05) is 5.69 Å². The van der Waals surface area contributed by atoms with Crippen LogP contribution in [0, 0.1) is 0 Å². The minimum absolute atomic E-state index is 0. The zero-order valence-corrected chi connectivity index (χ0v) is 12.4. The maximum Gasteiger partial charge on any atom is 0.244 e. The van der Waals surface area contributed by atoms with Crippen molar-refractivity contribution in [1.82, 2.24) is 0 Å². The number of carbonyl (C=O) groups excluding carboxylic acids is 1. The molecule has 0 saturated heterocycles. The monoisotopic (exact) mass is 324 g/mol. The van der Waals surface area contributed by atoms with Gasteiger partial charge in [-0.15, -0.1) is 12.4 Å². The summed E-state index contributed by atoms with van der Waals surface area (Å²) in [7, 11) is 0. The molecule has 1 saturated carbocycles. The third-order valence-electron chi connectivity index (χ3n) is 3.22. The van der Waals surface area contributed by atoms with Gasteiger partial charge in [-0.1, -0.05) is 36.0 Å². The van der Waals surface area contributed by atoms with Crippen LogP contribution < -0.4 is 11.1 Å². The van der Waals surface area contributed by atoms with Crippen molar-refractivity contribution in [3.05, 3.63) is 22.2 Å². The lowest BCUT2D eigenvalue weighted by Crippen LogP contribution is -2.48. The summed E-state index contributed by atoms with van der Waals surface area (Å²) in [6.45, 7) is 0. The number of aromatic hydroxyl groups is 1. The average Bonchev–Trinajstić information content (AvgIpc) is 2.74. The first-order valence-electron chi connectivity index (χ1n) is 5.71. The summed E-state index contributed by atoms with van der Waals surface area (Å²) in [5.41, 5.74) is 5.66. The van der Waals surface area contributed by atoms with Gasteiger partial charge in [-0.3, -0.25) is 4.79 Å². The van der Waals surface area contributed by atoms with Gasteiger partial charge in [0.05, 0.1) is 15.6 Å². The number of nitrogens with two attached hydrogens (primary N) is 1. The molecule has 1 amide bonds. The van der Waals surface area contributed by atoms with E-state index in [4.69, 9.17) is 28.9 Å². The van der Waals surface area contributed by atoms with Crippen molar-refractivity contribution in [2.75, 3.05) is 5.32 Å². The standard InChI is InChI=1S/C12H14Cl2N2O2.ClH/c13-8-5-7(6-9(14)10(8)17)16-11(18)12(15)3-1-2-4-12;/h5-6,17H,1-4,15H2,(H,16,18);1H. The molecule has 7 heteroatoms. The fourth-order valence-electron chi connectivity index (χ4n) is 2.13. The van der Waals surface area contributed by atoms with Gasteiger partial charge in [0.25, 0.3) is 0 Å². The van der Waals surface area contributed by atoms with E-state index in [2.05, 4.69) is 5.32 Å². The lowest BCUT2D eigenvalue weighted by Gasteiger charge is -2.22. The number of carbonyl (C=O) groups is 1. The number of anilines is 1. The van der Waals surface area contributed by atoms with E-state index in [9.17, 15) is 9.90 Å². The SMILES string of the molecule is Cl.NC1(C(=O)Nc2cc(Cl)c(O)c(Cl)c2)CCCC1. The van der Waals surface area contributed by atoms with E-state index >= 15 is 0 Å². The Bertz CT molecular complexity index is 465. The topological polar surface area (TPSA) is 75.4 Å². The normalized spacial score (nSPS) is 16.8. The van der Waals surface area contributed by atoms with Crippen molar-refractivity contribution >= 4 is 47.2 Å². The molecular weight excluding hydrogens is 311 g/mol. The lowest BCUT2D eigenvalue weighted by atomic mass is 9.98. The third-order valence-corrected chi connectivity index (χ3v) is 3.80. The summed E-state index contributed by atoms with van der Waals surface area (Å²) >= 11 is 11.6. The number of amides is 1. The number of benzene rings is 1. The largest absolute Gasteiger partial charge is 0.505 e. The molecule has 0 aliphatic heterocycles. The molecule has 4 N–H and O–H groups in total. The molecule has 1 aromatic carbocycles. The Labute approximate surface area is 127 Å². The van der Waals surface area contributed by atoms with Gasteiger partial charge in [-0.25, -0.2) is 0 Å². The highest BCUT2D eigenvalue weighted by Gasteiger charge is 2.37. The van der Waals surface area contributed by atoms with Crippen LogP contribution in [0.25, 0.3) is 0 Å². The molecule has 0 aromatic heterocycles. The highest BCUT2D eigenvalue weighted by Crippen LogP contribution is 2.35. The number of rotatable bonds is 2. The Morgan fingerprint density at radius 2 is 1.74 bits per heavy atom. The quantitative estimate of drug-likeness (QED) is 0.730. The van der Waals surface area contributed by atoms with Crippen LogP contribution in [0.3, 0.4) is 0 Å². The van der Waals surface area contributed by atoms with Crippen LogP contribution in [-0.2, 0) is 4.79 Å². The highest BCUT2D eigenvalue weighted by molar-refractivity contribution is 6.37. The van der Waals surface area contributed by atoms with Crippen molar-refractivity contribution in [2.24, 2.45) is 5.73 Å². The zero-order valence-electron chi connectivity index (χ0n) is 10.1. The smallest absolute Gasteiger partial charge is 0.244 e. The van der Waals surface area contributed by atoms with Gasteiger partial charge in [0.1, 0.15) is 0 Å². The van der Waals surface area contributed by atoms with Crippen LogP contribution in [0.2, 0.25) is 10.0 Å². The third kappa shape index (κ3) is 3.45. The molecule has 0 spiro atoms. The van der Waals surface area contributed by atoms with Crippen molar-refractivity contribution in [3.63, 3.8) is 0 Å². The van der Waals surface area contributed by atoms with Gasteiger partial charge >= 0.3 is 0 Å². The fraction of sp³-hybridized carbons (Fsp3) is 0.417. The molecule has 4 nitrogen and oxygen atoms in total. The molecular formula is C12H15Cl3N2O2. The number of phenols is 1. The molecule has 0 bridgehead atoms. The molecule has 0 unspecified atom stereocenters.